The topological polar surface area (TPSA) is 21.3 Å². The number of methoxy groups -OCH3 is 1. The lowest BCUT2D eigenvalue weighted by molar-refractivity contribution is 0.407. The van der Waals surface area contributed by atoms with Gasteiger partial charge in [0.15, 0.2) is 0 Å². The number of rotatable bonds is 6. The molecule has 0 aromatic heterocycles. The van der Waals surface area contributed by atoms with Gasteiger partial charge in [-0.3, -0.25) is 0 Å². The van der Waals surface area contributed by atoms with Crippen LogP contribution in [0.25, 0.3) is 10.8 Å². The first kappa shape index (κ1) is 14.2. The van der Waals surface area contributed by atoms with Crippen LogP contribution in [0.3, 0.4) is 0 Å². The minimum absolute atomic E-state index is 0.499. The molecule has 1 unspecified atom stereocenters. The first-order valence-corrected chi connectivity index (χ1v) is 7.92. The molecule has 0 saturated carbocycles. The molecule has 102 valence electrons. The van der Waals surface area contributed by atoms with Gasteiger partial charge in [-0.1, -0.05) is 30.3 Å². The Kier molecular flexibility index (Phi) is 5.11. The lowest BCUT2D eigenvalue weighted by Gasteiger charge is -2.16. The molecule has 1 atom stereocenters. The molecule has 0 amide bonds. The highest BCUT2D eigenvalue weighted by Crippen LogP contribution is 2.27. The summed E-state index contributed by atoms with van der Waals surface area (Å²) in [6, 6.07) is 13.1. The second-order valence-electron chi connectivity index (χ2n) is 4.70. The fraction of sp³-hybridized carbons (Fsp3) is 0.375. The number of fused-ring (bicyclic) bond motifs is 1. The Morgan fingerprint density at radius 2 is 2.00 bits per heavy atom. The van der Waals surface area contributed by atoms with Gasteiger partial charge in [0.2, 0.25) is 0 Å². The maximum absolute atomic E-state index is 5.50. The molecule has 2 aromatic carbocycles. The van der Waals surface area contributed by atoms with Crippen LogP contribution >= 0.6 is 11.8 Å². The van der Waals surface area contributed by atoms with Gasteiger partial charge in [0.25, 0.3) is 0 Å². The van der Waals surface area contributed by atoms with E-state index >= 15 is 0 Å². The monoisotopic (exact) mass is 275 g/mol. The average Bonchev–Trinajstić information content (AvgIpc) is 2.44. The largest absolute Gasteiger partial charge is 0.496 e. The number of thioether (sulfide) groups is 1. The normalized spacial score (nSPS) is 12.6. The average molecular weight is 275 g/mol. The number of ether oxygens (including phenoxy) is 1. The van der Waals surface area contributed by atoms with Gasteiger partial charge in [-0.15, -0.1) is 0 Å². The summed E-state index contributed by atoms with van der Waals surface area (Å²) >= 11 is 1.86. The number of nitrogens with one attached hydrogen (secondary N) is 1. The van der Waals surface area contributed by atoms with E-state index in [0.29, 0.717) is 6.04 Å². The zero-order valence-corrected chi connectivity index (χ0v) is 12.6. The van der Waals surface area contributed by atoms with Gasteiger partial charge in [-0.2, -0.15) is 11.8 Å². The van der Waals surface area contributed by atoms with Crippen molar-refractivity contribution in [1.82, 2.24) is 5.32 Å². The van der Waals surface area contributed by atoms with E-state index in [1.54, 1.807) is 7.11 Å². The van der Waals surface area contributed by atoms with Crippen LogP contribution in [-0.2, 0) is 6.54 Å². The SMILES string of the molecule is COc1ccc2ccccc2c1CNC(C)CSC. The smallest absolute Gasteiger partial charge is 0.123 e. The van der Waals surface area contributed by atoms with Gasteiger partial charge in [-0.05, 0) is 30.0 Å². The fourth-order valence-corrected chi connectivity index (χ4v) is 2.89. The Hall–Kier alpha value is -1.19. The van der Waals surface area contributed by atoms with E-state index in [2.05, 4.69) is 54.9 Å². The van der Waals surface area contributed by atoms with Crippen LogP contribution in [0.5, 0.6) is 5.75 Å². The zero-order valence-electron chi connectivity index (χ0n) is 11.8. The van der Waals surface area contributed by atoms with Crippen LogP contribution in [0.15, 0.2) is 36.4 Å². The van der Waals surface area contributed by atoms with Crippen molar-refractivity contribution in [3.8, 4) is 5.75 Å². The Morgan fingerprint density at radius 3 is 2.74 bits per heavy atom. The molecule has 0 fully saturated rings. The summed E-state index contributed by atoms with van der Waals surface area (Å²) in [7, 11) is 1.74. The second-order valence-corrected chi connectivity index (χ2v) is 5.62. The molecule has 2 aromatic rings. The standard InChI is InChI=1S/C16H21NOS/c1-12(11-19-3)17-10-15-14-7-5-4-6-13(14)8-9-16(15)18-2/h4-9,12,17H,10-11H2,1-3H3. The molecule has 19 heavy (non-hydrogen) atoms. The van der Waals surface area contributed by atoms with Crippen molar-refractivity contribution in [1.29, 1.82) is 0 Å². The highest BCUT2D eigenvalue weighted by atomic mass is 32.2. The lowest BCUT2D eigenvalue weighted by atomic mass is 10.0. The highest BCUT2D eigenvalue weighted by Gasteiger charge is 2.09. The van der Waals surface area contributed by atoms with E-state index in [4.69, 9.17) is 4.74 Å². The van der Waals surface area contributed by atoms with Gasteiger partial charge >= 0.3 is 0 Å². The van der Waals surface area contributed by atoms with Crippen LogP contribution in [0.2, 0.25) is 0 Å². The third-order valence-corrected chi connectivity index (χ3v) is 4.09. The molecule has 0 radical (unpaired) electrons. The molecular weight excluding hydrogens is 254 g/mol. The Morgan fingerprint density at radius 1 is 1.21 bits per heavy atom. The number of benzene rings is 2. The molecule has 0 aliphatic heterocycles. The molecule has 0 saturated heterocycles. The molecule has 2 nitrogen and oxygen atoms in total. The molecule has 0 aliphatic rings. The summed E-state index contributed by atoms with van der Waals surface area (Å²) < 4.78 is 5.50. The summed E-state index contributed by atoms with van der Waals surface area (Å²) in [6.45, 7) is 3.06. The second kappa shape index (κ2) is 6.83. The molecule has 0 aliphatic carbocycles. The van der Waals surface area contributed by atoms with Crippen molar-refractivity contribution in [2.45, 2.75) is 19.5 Å². The summed E-state index contributed by atoms with van der Waals surface area (Å²) in [6.07, 6.45) is 2.14. The van der Waals surface area contributed by atoms with Gasteiger partial charge in [0.1, 0.15) is 5.75 Å². The minimum Gasteiger partial charge on any atom is -0.496 e. The van der Waals surface area contributed by atoms with Crippen molar-refractivity contribution >= 4 is 22.5 Å². The fourth-order valence-electron chi connectivity index (χ4n) is 2.27. The van der Waals surface area contributed by atoms with Crippen LogP contribution in [0.4, 0.5) is 0 Å². The third kappa shape index (κ3) is 3.43. The quantitative estimate of drug-likeness (QED) is 0.869. The van der Waals surface area contributed by atoms with Crippen LogP contribution < -0.4 is 10.1 Å². The first-order valence-electron chi connectivity index (χ1n) is 6.53. The Labute approximate surface area is 119 Å². The predicted molar refractivity (Wildman–Crippen MR) is 85.2 cm³/mol. The molecule has 0 spiro atoms. The summed E-state index contributed by atoms with van der Waals surface area (Å²) in [4.78, 5) is 0. The Bertz CT molecular complexity index is 541. The molecular formula is C16H21NOS. The molecule has 2 rings (SSSR count). The highest BCUT2D eigenvalue weighted by molar-refractivity contribution is 7.98. The van der Waals surface area contributed by atoms with Gasteiger partial charge < -0.3 is 10.1 Å². The van der Waals surface area contributed by atoms with Crippen LogP contribution in [0.1, 0.15) is 12.5 Å². The van der Waals surface area contributed by atoms with Crippen LogP contribution in [0, 0.1) is 0 Å². The molecule has 0 heterocycles. The summed E-state index contributed by atoms with van der Waals surface area (Å²) in [5, 5.41) is 6.10. The van der Waals surface area contributed by atoms with Gasteiger partial charge in [0, 0.05) is 23.9 Å². The molecule has 1 N–H and O–H groups in total. The lowest BCUT2D eigenvalue weighted by Crippen LogP contribution is -2.27. The van der Waals surface area contributed by atoms with Crippen molar-refractivity contribution in [2.24, 2.45) is 0 Å². The molecule has 3 heteroatoms. The number of hydrogen-bond acceptors (Lipinski definition) is 3. The van der Waals surface area contributed by atoms with Gasteiger partial charge in [0.05, 0.1) is 7.11 Å². The Balaban J connectivity index is 2.28. The number of hydrogen-bond donors (Lipinski definition) is 1. The van der Waals surface area contributed by atoms with E-state index in [9.17, 15) is 0 Å². The van der Waals surface area contributed by atoms with Crippen LogP contribution in [-0.4, -0.2) is 25.2 Å². The van der Waals surface area contributed by atoms with E-state index in [0.717, 1.165) is 18.0 Å². The molecule has 0 bridgehead atoms. The van der Waals surface area contributed by atoms with Gasteiger partial charge in [-0.25, -0.2) is 0 Å². The summed E-state index contributed by atoms with van der Waals surface area (Å²) in [5.74, 6) is 2.08. The summed E-state index contributed by atoms with van der Waals surface area (Å²) in [5.41, 5.74) is 1.24. The van der Waals surface area contributed by atoms with E-state index in [1.165, 1.54) is 16.3 Å². The van der Waals surface area contributed by atoms with E-state index in [1.807, 2.05) is 11.8 Å². The van der Waals surface area contributed by atoms with Crippen molar-refractivity contribution < 1.29 is 4.74 Å². The minimum atomic E-state index is 0.499. The first-order chi connectivity index (χ1) is 9.26. The van der Waals surface area contributed by atoms with Crippen molar-refractivity contribution in [3.63, 3.8) is 0 Å². The predicted octanol–water partition coefficient (Wildman–Crippen LogP) is 3.69. The third-order valence-electron chi connectivity index (χ3n) is 3.26. The van der Waals surface area contributed by atoms with Crippen molar-refractivity contribution in [2.75, 3.05) is 19.1 Å². The zero-order chi connectivity index (χ0) is 13.7. The van der Waals surface area contributed by atoms with Crippen molar-refractivity contribution in [3.05, 3.63) is 42.0 Å². The maximum Gasteiger partial charge on any atom is 0.123 e. The van der Waals surface area contributed by atoms with E-state index < -0.39 is 0 Å². The maximum atomic E-state index is 5.50. The van der Waals surface area contributed by atoms with E-state index in [-0.39, 0.29) is 0 Å².